The van der Waals surface area contributed by atoms with Gasteiger partial charge < -0.3 is 20.9 Å². The van der Waals surface area contributed by atoms with Crippen LogP contribution in [-0.2, 0) is 0 Å². The zero-order valence-corrected chi connectivity index (χ0v) is 46.3. The highest BCUT2D eigenvalue weighted by Crippen LogP contribution is 2.38. The summed E-state index contributed by atoms with van der Waals surface area (Å²) in [6, 6.07) is 22.0. The maximum atomic E-state index is 14.3. The maximum Gasteiger partial charge on any atom is 0.266 e. The van der Waals surface area contributed by atoms with Crippen molar-refractivity contribution in [3.63, 3.8) is 0 Å². The molecule has 12 rings (SSSR count). The van der Waals surface area contributed by atoms with Gasteiger partial charge in [-0.05, 0) is 113 Å². The molecule has 26 heteroatoms. The van der Waals surface area contributed by atoms with Crippen molar-refractivity contribution in [2.24, 2.45) is 0 Å². The van der Waals surface area contributed by atoms with E-state index in [9.17, 15) is 37.7 Å². The van der Waals surface area contributed by atoms with Crippen molar-refractivity contribution in [1.29, 1.82) is 10.5 Å². The quantitative estimate of drug-likeness (QED) is 0.108. The number of rotatable bonds is 12. The molecule has 0 aliphatic carbocycles. The molecular weight excluding hydrogens is 1110 g/mol. The Morgan fingerprint density at radius 2 is 0.919 bits per heavy atom. The van der Waals surface area contributed by atoms with Crippen LogP contribution in [0.2, 0.25) is 0 Å². The summed E-state index contributed by atoms with van der Waals surface area (Å²) in [7, 11) is 0. The summed E-state index contributed by atoms with van der Waals surface area (Å²) < 4.78 is 73.5. The highest BCUT2D eigenvalue weighted by Gasteiger charge is 2.30. The molecule has 22 nitrogen and oxygen atoms in total. The predicted molar refractivity (Wildman–Crippen MR) is 308 cm³/mol. The normalized spacial score (nSPS) is 12.1. The molecule has 2 atom stereocenters. The van der Waals surface area contributed by atoms with Crippen molar-refractivity contribution >= 4 is 45.0 Å². The van der Waals surface area contributed by atoms with Crippen molar-refractivity contribution in [3.05, 3.63) is 189 Å². The van der Waals surface area contributed by atoms with Gasteiger partial charge in [0.2, 0.25) is 11.8 Å². The minimum absolute atomic E-state index is 0.0611. The number of benzene rings is 2. The fourth-order valence-electron chi connectivity index (χ4n) is 9.82. The van der Waals surface area contributed by atoms with E-state index in [1.807, 2.05) is 27.7 Å². The third-order valence-corrected chi connectivity index (χ3v) is 13.6. The average molecular weight is 1160 g/mol. The Morgan fingerprint density at radius 3 is 1.29 bits per heavy atom. The molecule has 0 radical (unpaired) electrons. The number of fused-ring (bicyclic) bond motifs is 4. The highest BCUT2D eigenvalue weighted by molar-refractivity contribution is 5.99. The van der Waals surface area contributed by atoms with Gasteiger partial charge >= 0.3 is 0 Å². The van der Waals surface area contributed by atoms with E-state index in [2.05, 4.69) is 42.0 Å². The number of halogens is 4. The number of ether oxygens (including phenoxy) is 2. The molecule has 0 unspecified atom stereocenters. The van der Waals surface area contributed by atoms with Gasteiger partial charge in [0.25, 0.3) is 11.1 Å². The molecule has 0 spiro atoms. The molecule has 10 heterocycles. The standard InChI is InChI=1S/2C30H23F2N9O2/c2*1-15(2)43-29-18(11-33)9-19(12-35-29)26-24-27(34)36-14-37-28(24)41(39-26)16(3)25-23(17-5-4-6-20(31)10-17)30(42)40-13-21(32)7-8-22(40)38-25/h2*4-10,12-16H,1-3H3,(H2,34,36,37)/t2*16-/m10/s1. The number of nitrogens with two attached hydrogens (primary N) is 2. The molecule has 0 amide bonds. The van der Waals surface area contributed by atoms with Gasteiger partial charge in [0.05, 0.1) is 57.6 Å². The van der Waals surface area contributed by atoms with Crippen LogP contribution >= 0.6 is 0 Å². The Balaban J connectivity index is 0.000000179. The Morgan fingerprint density at radius 1 is 0.512 bits per heavy atom. The van der Waals surface area contributed by atoms with Gasteiger partial charge in [-0.2, -0.15) is 20.7 Å². The summed E-state index contributed by atoms with van der Waals surface area (Å²) in [6.07, 6.45) is 7.25. The van der Waals surface area contributed by atoms with Gasteiger partial charge in [0.1, 0.15) is 93.5 Å². The van der Waals surface area contributed by atoms with Crippen LogP contribution in [0.15, 0.2) is 132 Å². The van der Waals surface area contributed by atoms with Crippen molar-refractivity contribution in [2.75, 3.05) is 11.5 Å². The van der Waals surface area contributed by atoms with Crippen LogP contribution in [0.4, 0.5) is 29.2 Å². The summed E-state index contributed by atoms with van der Waals surface area (Å²) in [4.78, 5) is 62.7. The van der Waals surface area contributed by atoms with Gasteiger partial charge in [0, 0.05) is 35.9 Å². The zero-order chi connectivity index (χ0) is 60.8. The average Bonchev–Trinajstić information content (AvgIpc) is 1.62. The van der Waals surface area contributed by atoms with E-state index in [1.54, 1.807) is 38.1 Å². The molecule has 86 heavy (non-hydrogen) atoms. The first-order valence-electron chi connectivity index (χ1n) is 26.4. The second-order valence-electron chi connectivity index (χ2n) is 20.1. The van der Waals surface area contributed by atoms with E-state index in [-0.39, 0.29) is 91.7 Å². The first kappa shape index (κ1) is 56.3. The van der Waals surface area contributed by atoms with Crippen molar-refractivity contribution in [3.8, 4) is 68.7 Å². The lowest BCUT2D eigenvalue weighted by atomic mass is 10.0. The summed E-state index contributed by atoms with van der Waals surface area (Å²) >= 11 is 0. The van der Waals surface area contributed by atoms with Crippen LogP contribution in [0.1, 0.15) is 76.1 Å². The lowest BCUT2D eigenvalue weighted by Crippen LogP contribution is -2.23. The fraction of sp³-hybridized carbons (Fsp3) is 0.167. The molecule has 0 bridgehead atoms. The highest BCUT2D eigenvalue weighted by atomic mass is 19.1. The smallest absolute Gasteiger partial charge is 0.266 e. The van der Waals surface area contributed by atoms with Crippen LogP contribution in [-0.4, -0.2) is 80.4 Å². The Hall–Kier alpha value is -11.5. The third kappa shape index (κ3) is 10.4. The molecule has 0 saturated heterocycles. The van der Waals surface area contributed by atoms with Crippen LogP contribution in [0.3, 0.4) is 0 Å². The fourth-order valence-corrected chi connectivity index (χ4v) is 9.82. The summed E-state index contributed by atoms with van der Waals surface area (Å²) in [5, 5.41) is 29.9. The predicted octanol–water partition coefficient (Wildman–Crippen LogP) is 9.38. The van der Waals surface area contributed by atoms with E-state index in [0.29, 0.717) is 44.6 Å². The van der Waals surface area contributed by atoms with Gasteiger partial charge in [-0.25, -0.2) is 66.8 Å². The summed E-state index contributed by atoms with van der Waals surface area (Å²) in [6.45, 7) is 10.8. The Labute approximate surface area is 483 Å². The number of nitrogen functional groups attached to an aromatic ring is 2. The first-order chi connectivity index (χ1) is 41.3. The molecule has 12 aromatic rings. The van der Waals surface area contributed by atoms with Crippen LogP contribution in [0.5, 0.6) is 11.8 Å². The second kappa shape index (κ2) is 22.7. The minimum atomic E-state index is -0.765. The molecule has 2 aromatic carbocycles. The summed E-state index contributed by atoms with van der Waals surface area (Å²) in [5.74, 6) is -1.76. The Kier molecular flexibility index (Phi) is 14.8. The number of nitrogens with zero attached hydrogens (tertiary/aromatic N) is 16. The van der Waals surface area contributed by atoms with Gasteiger partial charge in [0.15, 0.2) is 11.3 Å². The van der Waals surface area contributed by atoms with E-state index in [1.165, 1.54) is 95.1 Å². The maximum absolute atomic E-state index is 14.3. The van der Waals surface area contributed by atoms with Crippen LogP contribution < -0.4 is 32.1 Å². The number of hydrogen-bond acceptors (Lipinski definition) is 18. The molecule has 0 fully saturated rings. The summed E-state index contributed by atoms with van der Waals surface area (Å²) in [5.41, 5.74) is 15.5. The van der Waals surface area contributed by atoms with Crippen LogP contribution in [0, 0.1) is 45.9 Å². The van der Waals surface area contributed by atoms with Gasteiger partial charge in [-0.3, -0.25) is 18.4 Å². The molecule has 0 saturated carbocycles. The number of nitriles is 2. The van der Waals surface area contributed by atoms with Gasteiger partial charge in [-0.15, -0.1) is 0 Å². The lowest BCUT2D eigenvalue weighted by Gasteiger charge is -2.18. The number of pyridine rings is 4. The van der Waals surface area contributed by atoms with Gasteiger partial charge in [-0.1, -0.05) is 24.3 Å². The lowest BCUT2D eigenvalue weighted by molar-refractivity contribution is 0.231. The van der Waals surface area contributed by atoms with E-state index >= 15 is 0 Å². The SMILES string of the molecule is CC(C)Oc1ncc(-c2nn([C@@H](C)c3nc4ccc(F)cn4c(=O)c3-c3cccc(F)c3)c3ncnc(N)c23)cc1C#N.CC(C)Oc1ncc(-c2nn([C@H](C)c3nc4ccc(F)cn4c(=O)c3-c3cccc(F)c3)c3ncnc(N)c23)cc1C#N. The Bertz CT molecular complexity index is 4610. The van der Waals surface area contributed by atoms with E-state index < -0.39 is 46.5 Å². The molecule has 4 N–H and O–H groups in total. The molecular formula is C60H46F4N18O4. The second-order valence-corrected chi connectivity index (χ2v) is 20.1. The first-order valence-corrected chi connectivity index (χ1v) is 26.4. The molecule has 0 aliphatic heterocycles. The number of aromatic nitrogens is 14. The van der Waals surface area contributed by atoms with Crippen molar-refractivity contribution in [2.45, 2.75) is 65.8 Å². The topological polar surface area (TPSA) is 300 Å². The monoisotopic (exact) mass is 1160 g/mol. The number of hydrogen-bond donors (Lipinski definition) is 2. The van der Waals surface area contributed by atoms with E-state index in [0.717, 1.165) is 21.2 Å². The van der Waals surface area contributed by atoms with E-state index in [4.69, 9.17) is 41.1 Å². The minimum Gasteiger partial charge on any atom is -0.474 e. The molecule has 10 aromatic heterocycles. The number of anilines is 2. The zero-order valence-electron chi connectivity index (χ0n) is 46.3. The largest absolute Gasteiger partial charge is 0.474 e. The van der Waals surface area contributed by atoms with Crippen LogP contribution in [0.25, 0.3) is 78.1 Å². The third-order valence-electron chi connectivity index (χ3n) is 13.6. The molecule has 0 aliphatic rings. The molecule has 428 valence electrons. The van der Waals surface area contributed by atoms with Crippen molar-refractivity contribution in [1.82, 2.24) is 68.2 Å². The van der Waals surface area contributed by atoms with Crippen molar-refractivity contribution < 1.29 is 27.0 Å².